The molecule has 0 amide bonds. The Morgan fingerprint density at radius 1 is 1.59 bits per heavy atom. The summed E-state index contributed by atoms with van der Waals surface area (Å²) in [6.07, 6.45) is 0.842. The van der Waals surface area contributed by atoms with Gasteiger partial charge < -0.3 is 9.84 Å². The highest BCUT2D eigenvalue weighted by molar-refractivity contribution is 5.82. The van der Waals surface area contributed by atoms with Crippen molar-refractivity contribution in [1.29, 1.82) is 0 Å². The van der Waals surface area contributed by atoms with Gasteiger partial charge in [-0.25, -0.2) is 4.79 Å². The van der Waals surface area contributed by atoms with Crippen molar-refractivity contribution in [3.63, 3.8) is 0 Å². The molecule has 5 nitrogen and oxygen atoms in total. The lowest BCUT2D eigenvalue weighted by atomic mass is 10.0. The number of carbonyl (C=O) groups excluding carboxylic acids is 1. The Labute approximate surface area is 98.4 Å². The van der Waals surface area contributed by atoms with Crippen molar-refractivity contribution in [3.05, 3.63) is 29.5 Å². The minimum atomic E-state index is -1.12. The Hall–Kier alpha value is -1.88. The third kappa shape index (κ3) is 2.29. The summed E-state index contributed by atoms with van der Waals surface area (Å²) in [5.74, 6) is -0.616. The summed E-state index contributed by atoms with van der Waals surface area (Å²) in [4.78, 5) is 11.1. The van der Waals surface area contributed by atoms with Crippen molar-refractivity contribution < 1.29 is 14.6 Å². The number of hydrogen-bond donors (Lipinski definition) is 2. The Bertz CT molecular complexity index is 548. The SMILES string of the molecule is COC(=O)[C@H](O)Cc1cc(C)c2[nH]ncc2c1. The molecule has 0 aliphatic carbocycles. The van der Waals surface area contributed by atoms with Crippen LogP contribution in [0.4, 0.5) is 0 Å². The fraction of sp³-hybridized carbons (Fsp3) is 0.333. The molecule has 5 heteroatoms. The number of aromatic nitrogens is 2. The van der Waals surface area contributed by atoms with Crippen LogP contribution in [0, 0.1) is 6.92 Å². The van der Waals surface area contributed by atoms with Crippen molar-refractivity contribution in [3.8, 4) is 0 Å². The maximum atomic E-state index is 11.1. The van der Waals surface area contributed by atoms with Crippen LogP contribution >= 0.6 is 0 Å². The van der Waals surface area contributed by atoms with Gasteiger partial charge >= 0.3 is 5.97 Å². The van der Waals surface area contributed by atoms with E-state index in [1.54, 1.807) is 6.20 Å². The summed E-state index contributed by atoms with van der Waals surface area (Å²) in [6.45, 7) is 1.95. The largest absolute Gasteiger partial charge is 0.467 e. The number of hydrogen-bond acceptors (Lipinski definition) is 4. The van der Waals surface area contributed by atoms with Crippen molar-refractivity contribution in [2.24, 2.45) is 0 Å². The predicted octanol–water partition coefficient (Wildman–Crippen LogP) is 0.948. The summed E-state index contributed by atoms with van der Waals surface area (Å²) in [5, 5.41) is 17.4. The molecule has 2 N–H and O–H groups in total. The van der Waals surface area contributed by atoms with Gasteiger partial charge in [-0.2, -0.15) is 5.10 Å². The van der Waals surface area contributed by atoms with Crippen LogP contribution in [-0.2, 0) is 16.0 Å². The number of carbonyl (C=O) groups is 1. The number of aliphatic hydroxyl groups excluding tert-OH is 1. The fourth-order valence-corrected chi connectivity index (χ4v) is 1.87. The van der Waals surface area contributed by atoms with Crippen LogP contribution in [-0.4, -0.2) is 34.5 Å². The number of ether oxygens (including phenoxy) is 1. The van der Waals surface area contributed by atoms with Gasteiger partial charge in [0.1, 0.15) is 0 Å². The van der Waals surface area contributed by atoms with E-state index in [9.17, 15) is 9.90 Å². The number of nitrogens with zero attached hydrogens (tertiary/aromatic N) is 1. The van der Waals surface area contributed by atoms with E-state index < -0.39 is 12.1 Å². The molecule has 0 radical (unpaired) electrons. The second kappa shape index (κ2) is 4.55. The zero-order valence-corrected chi connectivity index (χ0v) is 9.73. The molecule has 0 bridgehead atoms. The molecule has 17 heavy (non-hydrogen) atoms. The lowest BCUT2D eigenvalue weighted by Gasteiger charge is -2.09. The molecule has 1 atom stereocenters. The second-order valence-corrected chi connectivity index (χ2v) is 3.99. The first-order valence-electron chi connectivity index (χ1n) is 5.30. The van der Waals surface area contributed by atoms with Crippen LogP contribution in [0.2, 0.25) is 0 Å². The number of fused-ring (bicyclic) bond motifs is 1. The van der Waals surface area contributed by atoms with Crippen molar-refractivity contribution in [2.45, 2.75) is 19.4 Å². The molecule has 1 heterocycles. The van der Waals surface area contributed by atoms with E-state index in [4.69, 9.17) is 0 Å². The number of nitrogens with one attached hydrogen (secondary N) is 1. The quantitative estimate of drug-likeness (QED) is 0.775. The lowest BCUT2D eigenvalue weighted by Crippen LogP contribution is -2.24. The summed E-state index contributed by atoms with van der Waals surface area (Å²) in [7, 11) is 1.26. The van der Waals surface area contributed by atoms with Crippen LogP contribution in [0.1, 0.15) is 11.1 Å². The summed E-state index contributed by atoms with van der Waals surface area (Å²) in [5.41, 5.74) is 2.89. The first-order valence-corrected chi connectivity index (χ1v) is 5.30. The Morgan fingerprint density at radius 3 is 3.06 bits per heavy atom. The molecule has 2 rings (SSSR count). The van der Waals surface area contributed by atoms with E-state index in [0.29, 0.717) is 0 Å². The normalized spacial score (nSPS) is 12.6. The number of rotatable bonds is 3. The van der Waals surface area contributed by atoms with Crippen molar-refractivity contribution in [2.75, 3.05) is 7.11 Å². The molecule has 0 unspecified atom stereocenters. The minimum Gasteiger partial charge on any atom is -0.467 e. The Morgan fingerprint density at radius 2 is 2.35 bits per heavy atom. The van der Waals surface area contributed by atoms with Crippen molar-refractivity contribution >= 4 is 16.9 Å². The van der Waals surface area contributed by atoms with Gasteiger partial charge in [0.2, 0.25) is 0 Å². The molecule has 90 valence electrons. The standard InChI is InChI=1S/C12H14N2O3/c1-7-3-8(5-10(15)12(16)17-2)4-9-6-13-14-11(7)9/h3-4,6,10,15H,5H2,1-2H3,(H,13,14)/t10-/m1/s1. The van der Waals surface area contributed by atoms with E-state index in [1.165, 1.54) is 7.11 Å². The van der Waals surface area contributed by atoms with Gasteiger partial charge in [0, 0.05) is 11.8 Å². The van der Waals surface area contributed by atoms with E-state index in [-0.39, 0.29) is 6.42 Å². The first-order chi connectivity index (χ1) is 8.11. The number of aliphatic hydroxyl groups is 1. The summed E-state index contributed by atoms with van der Waals surface area (Å²) < 4.78 is 4.48. The third-order valence-corrected chi connectivity index (χ3v) is 2.71. The van der Waals surface area contributed by atoms with E-state index in [0.717, 1.165) is 22.0 Å². The van der Waals surface area contributed by atoms with Crippen LogP contribution in [0.15, 0.2) is 18.3 Å². The van der Waals surface area contributed by atoms with Crippen LogP contribution in [0.25, 0.3) is 10.9 Å². The molecule has 0 fully saturated rings. The third-order valence-electron chi connectivity index (χ3n) is 2.71. The van der Waals surface area contributed by atoms with Crippen LogP contribution in [0.3, 0.4) is 0 Å². The predicted molar refractivity (Wildman–Crippen MR) is 62.6 cm³/mol. The zero-order valence-electron chi connectivity index (χ0n) is 9.73. The molecule has 0 aliphatic rings. The number of esters is 1. The maximum Gasteiger partial charge on any atom is 0.335 e. The average molecular weight is 234 g/mol. The molecule has 0 saturated carbocycles. The van der Waals surface area contributed by atoms with Gasteiger partial charge in [0.15, 0.2) is 6.10 Å². The van der Waals surface area contributed by atoms with E-state index >= 15 is 0 Å². The van der Waals surface area contributed by atoms with Gasteiger partial charge in [-0.1, -0.05) is 6.07 Å². The number of benzene rings is 1. The minimum absolute atomic E-state index is 0.245. The molecule has 1 aromatic carbocycles. The smallest absolute Gasteiger partial charge is 0.335 e. The molecular formula is C12H14N2O3. The van der Waals surface area contributed by atoms with Gasteiger partial charge in [-0.05, 0) is 24.1 Å². The van der Waals surface area contributed by atoms with Crippen LogP contribution < -0.4 is 0 Å². The monoisotopic (exact) mass is 234 g/mol. The fourth-order valence-electron chi connectivity index (χ4n) is 1.87. The van der Waals surface area contributed by atoms with Gasteiger partial charge in [-0.15, -0.1) is 0 Å². The van der Waals surface area contributed by atoms with Gasteiger partial charge in [0.25, 0.3) is 0 Å². The molecule has 1 aromatic heterocycles. The number of methoxy groups -OCH3 is 1. The Kier molecular flexibility index (Phi) is 3.10. The average Bonchev–Trinajstić information content (AvgIpc) is 2.76. The molecular weight excluding hydrogens is 220 g/mol. The topological polar surface area (TPSA) is 75.2 Å². The van der Waals surface area contributed by atoms with Crippen LogP contribution in [0.5, 0.6) is 0 Å². The molecule has 0 saturated heterocycles. The summed E-state index contributed by atoms with van der Waals surface area (Å²) >= 11 is 0. The number of H-pyrrole nitrogens is 1. The maximum absolute atomic E-state index is 11.1. The lowest BCUT2D eigenvalue weighted by molar-refractivity contribution is -0.150. The summed E-state index contributed by atoms with van der Waals surface area (Å²) in [6, 6.07) is 3.82. The first kappa shape index (κ1) is 11.6. The van der Waals surface area contributed by atoms with Crippen molar-refractivity contribution in [1.82, 2.24) is 10.2 Å². The Balaban J connectivity index is 2.27. The molecule has 2 aromatic rings. The number of aryl methyl sites for hydroxylation is 1. The number of aromatic amines is 1. The van der Waals surface area contributed by atoms with E-state index in [2.05, 4.69) is 14.9 Å². The zero-order chi connectivity index (χ0) is 12.4. The molecule has 0 aliphatic heterocycles. The van der Waals surface area contributed by atoms with Gasteiger partial charge in [0.05, 0.1) is 18.8 Å². The van der Waals surface area contributed by atoms with Gasteiger partial charge in [-0.3, -0.25) is 5.10 Å². The highest BCUT2D eigenvalue weighted by Crippen LogP contribution is 2.19. The van der Waals surface area contributed by atoms with E-state index in [1.807, 2.05) is 19.1 Å². The highest BCUT2D eigenvalue weighted by Gasteiger charge is 2.16. The molecule has 0 spiro atoms. The highest BCUT2D eigenvalue weighted by atomic mass is 16.5. The second-order valence-electron chi connectivity index (χ2n) is 3.99.